The molecule has 140 valence electrons. The fraction of sp³-hybridized carbons (Fsp3) is 0.714. The van der Waals surface area contributed by atoms with Crippen LogP contribution < -0.4 is 0 Å². The molecular weight excluding hydrogens is 316 g/mol. The third-order valence-electron chi connectivity index (χ3n) is 4.96. The molecule has 0 bridgehead atoms. The first-order valence-electron chi connectivity index (χ1n) is 9.90. The Bertz CT molecular complexity index is 452. The van der Waals surface area contributed by atoms with E-state index in [0.717, 1.165) is 58.3 Å². The molecule has 25 heavy (non-hydrogen) atoms. The average Bonchev–Trinajstić information content (AvgIpc) is 2.63. The Kier molecular flexibility index (Phi) is 8.23. The van der Waals surface area contributed by atoms with E-state index in [1.54, 1.807) is 0 Å². The third-order valence-corrected chi connectivity index (χ3v) is 4.96. The van der Waals surface area contributed by atoms with Gasteiger partial charge in [-0.2, -0.15) is 0 Å². The summed E-state index contributed by atoms with van der Waals surface area (Å²) >= 11 is 0. The zero-order valence-corrected chi connectivity index (χ0v) is 15.2. The maximum atomic E-state index is 5.91. The van der Waals surface area contributed by atoms with E-state index in [0.29, 0.717) is 18.8 Å². The molecule has 0 amide bonds. The Balaban J connectivity index is 1.11. The van der Waals surface area contributed by atoms with E-state index >= 15 is 0 Å². The number of hydrogen-bond donors (Lipinski definition) is 0. The normalized spacial score (nSPS) is 26.3. The lowest BCUT2D eigenvalue weighted by Crippen LogP contribution is -2.37. The van der Waals surface area contributed by atoms with Gasteiger partial charge in [0.05, 0.1) is 18.8 Å². The summed E-state index contributed by atoms with van der Waals surface area (Å²) < 4.78 is 23.1. The number of ether oxygens (including phenoxy) is 4. The van der Waals surface area contributed by atoms with Gasteiger partial charge < -0.3 is 18.9 Å². The molecule has 1 aromatic carbocycles. The number of hydrogen-bond acceptors (Lipinski definition) is 4. The predicted octanol–water partition coefficient (Wildman–Crippen LogP) is 4.46. The Morgan fingerprint density at radius 1 is 0.840 bits per heavy atom. The summed E-state index contributed by atoms with van der Waals surface area (Å²) in [5.41, 5.74) is 1.24. The van der Waals surface area contributed by atoms with Crippen LogP contribution in [0, 0.1) is 0 Å². The highest BCUT2D eigenvalue weighted by Crippen LogP contribution is 2.27. The molecule has 1 aliphatic heterocycles. The first-order chi connectivity index (χ1) is 12.4. The SMILES string of the molecule is c1ccc(CO[C@H]2C[C@@H](OCCCCCOC3CCCCO3)C2)cc1. The molecule has 1 atom stereocenters. The zero-order chi connectivity index (χ0) is 17.2. The van der Waals surface area contributed by atoms with Crippen molar-refractivity contribution in [3.05, 3.63) is 35.9 Å². The van der Waals surface area contributed by atoms with Crippen LogP contribution in [0.25, 0.3) is 0 Å². The maximum Gasteiger partial charge on any atom is 0.157 e. The fourth-order valence-electron chi connectivity index (χ4n) is 3.27. The molecule has 1 heterocycles. The van der Waals surface area contributed by atoms with Gasteiger partial charge in [0, 0.05) is 19.8 Å². The molecule has 2 aliphatic rings. The van der Waals surface area contributed by atoms with Gasteiger partial charge in [-0.1, -0.05) is 30.3 Å². The molecule has 4 nitrogen and oxygen atoms in total. The van der Waals surface area contributed by atoms with E-state index in [4.69, 9.17) is 18.9 Å². The van der Waals surface area contributed by atoms with Crippen molar-refractivity contribution in [1.29, 1.82) is 0 Å². The van der Waals surface area contributed by atoms with Gasteiger partial charge in [-0.05, 0) is 56.9 Å². The first kappa shape index (κ1) is 18.8. The van der Waals surface area contributed by atoms with Gasteiger partial charge in [-0.15, -0.1) is 0 Å². The average molecular weight is 348 g/mol. The van der Waals surface area contributed by atoms with Crippen molar-refractivity contribution >= 4 is 0 Å². The van der Waals surface area contributed by atoms with Crippen LogP contribution in [0.1, 0.15) is 56.9 Å². The van der Waals surface area contributed by atoms with Crippen molar-refractivity contribution in [2.24, 2.45) is 0 Å². The molecule has 3 rings (SSSR count). The van der Waals surface area contributed by atoms with Gasteiger partial charge in [-0.25, -0.2) is 0 Å². The van der Waals surface area contributed by atoms with E-state index in [-0.39, 0.29) is 6.29 Å². The minimum atomic E-state index is 0.0489. The molecule has 0 radical (unpaired) electrons. The van der Waals surface area contributed by atoms with E-state index in [9.17, 15) is 0 Å². The number of rotatable bonds is 11. The molecule has 1 aromatic rings. The van der Waals surface area contributed by atoms with Crippen molar-refractivity contribution in [3.63, 3.8) is 0 Å². The number of unbranched alkanes of at least 4 members (excludes halogenated alkanes) is 2. The van der Waals surface area contributed by atoms with Crippen LogP contribution in [-0.4, -0.2) is 38.3 Å². The zero-order valence-electron chi connectivity index (χ0n) is 15.2. The van der Waals surface area contributed by atoms with Crippen molar-refractivity contribution in [3.8, 4) is 0 Å². The highest BCUT2D eigenvalue weighted by molar-refractivity contribution is 5.13. The molecule has 1 saturated heterocycles. The third kappa shape index (κ3) is 7.06. The molecule has 0 spiro atoms. The summed E-state index contributed by atoms with van der Waals surface area (Å²) in [5, 5.41) is 0. The van der Waals surface area contributed by atoms with Crippen LogP contribution in [0.4, 0.5) is 0 Å². The summed E-state index contributed by atoms with van der Waals surface area (Å²) in [5.74, 6) is 0. The van der Waals surface area contributed by atoms with Crippen LogP contribution in [0.2, 0.25) is 0 Å². The van der Waals surface area contributed by atoms with Crippen molar-refractivity contribution in [2.45, 2.75) is 76.5 Å². The first-order valence-corrected chi connectivity index (χ1v) is 9.90. The second kappa shape index (κ2) is 10.9. The highest BCUT2D eigenvalue weighted by atomic mass is 16.7. The molecule has 1 saturated carbocycles. The van der Waals surface area contributed by atoms with Crippen LogP contribution in [-0.2, 0) is 25.6 Å². The maximum absolute atomic E-state index is 5.91. The van der Waals surface area contributed by atoms with Gasteiger partial charge in [0.25, 0.3) is 0 Å². The van der Waals surface area contributed by atoms with E-state index in [2.05, 4.69) is 24.3 Å². The van der Waals surface area contributed by atoms with Crippen molar-refractivity contribution < 1.29 is 18.9 Å². The second-order valence-corrected chi connectivity index (χ2v) is 7.11. The molecule has 1 unspecified atom stereocenters. The molecular formula is C21H32O4. The van der Waals surface area contributed by atoms with Crippen LogP contribution in [0.3, 0.4) is 0 Å². The summed E-state index contributed by atoms with van der Waals surface area (Å²) in [4.78, 5) is 0. The smallest absolute Gasteiger partial charge is 0.157 e. The van der Waals surface area contributed by atoms with E-state index in [1.807, 2.05) is 6.07 Å². The van der Waals surface area contributed by atoms with Gasteiger partial charge in [0.2, 0.25) is 0 Å². The standard InChI is InChI=1S/C21H32O4/c1-3-9-18(10-4-1)17-25-20-15-19(16-20)22-12-6-2-7-13-23-21-11-5-8-14-24-21/h1,3-4,9-10,19-21H,2,5-8,11-17H2/t19-,20+,21?. The quantitative estimate of drug-likeness (QED) is 0.553. The van der Waals surface area contributed by atoms with E-state index < -0.39 is 0 Å². The summed E-state index contributed by atoms with van der Waals surface area (Å²) in [7, 11) is 0. The Morgan fingerprint density at radius 2 is 1.60 bits per heavy atom. The van der Waals surface area contributed by atoms with Crippen LogP contribution in [0.15, 0.2) is 30.3 Å². The van der Waals surface area contributed by atoms with Crippen LogP contribution in [0.5, 0.6) is 0 Å². The van der Waals surface area contributed by atoms with Gasteiger partial charge >= 0.3 is 0 Å². The topological polar surface area (TPSA) is 36.9 Å². The summed E-state index contributed by atoms with van der Waals surface area (Å²) in [6.07, 6.45) is 9.72. The molecule has 0 aromatic heterocycles. The lowest BCUT2D eigenvalue weighted by molar-refractivity contribution is -0.163. The predicted molar refractivity (Wildman–Crippen MR) is 97.4 cm³/mol. The highest BCUT2D eigenvalue weighted by Gasteiger charge is 2.30. The van der Waals surface area contributed by atoms with Gasteiger partial charge in [-0.3, -0.25) is 0 Å². The van der Waals surface area contributed by atoms with E-state index in [1.165, 1.54) is 18.4 Å². The number of benzene rings is 1. The lowest BCUT2D eigenvalue weighted by Gasteiger charge is -2.35. The Hall–Kier alpha value is -0.940. The Labute approximate surface area is 151 Å². The molecule has 1 aliphatic carbocycles. The Morgan fingerprint density at radius 3 is 2.36 bits per heavy atom. The fourth-order valence-corrected chi connectivity index (χ4v) is 3.27. The lowest BCUT2D eigenvalue weighted by atomic mass is 9.92. The minimum Gasteiger partial charge on any atom is -0.378 e. The summed E-state index contributed by atoms with van der Waals surface area (Å²) in [6, 6.07) is 10.4. The van der Waals surface area contributed by atoms with Crippen LogP contribution >= 0.6 is 0 Å². The molecule has 0 N–H and O–H groups in total. The monoisotopic (exact) mass is 348 g/mol. The van der Waals surface area contributed by atoms with Crippen molar-refractivity contribution in [1.82, 2.24) is 0 Å². The molecule has 2 fully saturated rings. The second-order valence-electron chi connectivity index (χ2n) is 7.11. The van der Waals surface area contributed by atoms with Gasteiger partial charge in [0.1, 0.15) is 0 Å². The van der Waals surface area contributed by atoms with Crippen molar-refractivity contribution in [2.75, 3.05) is 19.8 Å². The summed E-state index contributed by atoms with van der Waals surface area (Å²) in [6.45, 7) is 3.23. The van der Waals surface area contributed by atoms with Gasteiger partial charge in [0.15, 0.2) is 6.29 Å². The minimum absolute atomic E-state index is 0.0489. The molecule has 4 heteroatoms. The largest absolute Gasteiger partial charge is 0.378 e.